The van der Waals surface area contributed by atoms with Gasteiger partial charge in [0, 0.05) is 11.8 Å². The molecular weight excluding hydrogens is 373 g/mol. The van der Waals surface area contributed by atoms with Crippen molar-refractivity contribution in [2.75, 3.05) is 5.32 Å². The fraction of sp³-hybridized carbons (Fsp3) is 0.105. The van der Waals surface area contributed by atoms with Gasteiger partial charge in [0.2, 0.25) is 5.91 Å². The van der Waals surface area contributed by atoms with Gasteiger partial charge in [0.15, 0.2) is 0 Å². The van der Waals surface area contributed by atoms with Crippen molar-refractivity contribution in [3.63, 3.8) is 0 Å². The molecule has 6 nitrogen and oxygen atoms in total. The number of hydrogen-bond donors (Lipinski definition) is 3. The molecule has 2 aromatic rings. The molecule has 27 heavy (non-hydrogen) atoms. The van der Waals surface area contributed by atoms with Gasteiger partial charge in [-0.3, -0.25) is 14.9 Å². The van der Waals surface area contributed by atoms with Gasteiger partial charge in [0.05, 0.1) is 5.02 Å². The molecule has 8 heteroatoms. The second-order valence-electron chi connectivity index (χ2n) is 6.11. The normalized spacial score (nSPS) is 19.1. The summed E-state index contributed by atoms with van der Waals surface area (Å²) in [7, 11) is 0. The Morgan fingerprint density at radius 3 is 2.48 bits per heavy atom. The van der Waals surface area contributed by atoms with Crippen molar-refractivity contribution in [1.82, 2.24) is 10.6 Å². The Morgan fingerprint density at radius 1 is 1.19 bits per heavy atom. The average molecular weight is 388 g/mol. The van der Waals surface area contributed by atoms with E-state index >= 15 is 0 Å². The third-order valence-corrected chi connectivity index (χ3v) is 4.43. The average Bonchev–Trinajstić information content (AvgIpc) is 2.89. The van der Waals surface area contributed by atoms with Crippen molar-refractivity contribution in [2.45, 2.75) is 12.5 Å². The van der Waals surface area contributed by atoms with Crippen molar-refractivity contribution in [2.24, 2.45) is 0 Å². The van der Waals surface area contributed by atoms with E-state index in [1.165, 1.54) is 30.4 Å². The van der Waals surface area contributed by atoms with Gasteiger partial charge in [-0.2, -0.15) is 0 Å². The molecule has 0 bridgehead atoms. The van der Waals surface area contributed by atoms with Crippen LogP contribution in [0, 0.1) is 5.82 Å². The van der Waals surface area contributed by atoms with Gasteiger partial charge in [0.1, 0.15) is 11.4 Å². The van der Waals surface area contributed by atoms with Crippen LogP contribution in [0.3, 0.4) is 0 Å². The Morgan fingerprint density at radius 2 is 1.89 bits per heavy atom. The van der Waals surface area contributed by atoms with Gasteiger partial charge in [-0.1, -0.05) is 29.8 Å². The molecule has 1 unspecified atom stereocenters. The number of imide groups is 1. The van der Waals surface area contributed by atoms with E-state index in [9.17, 15) is 18.8 Å². The second-order valence-corrected chi connectivity index (χ2v) is 6.51. The summed E-state index contributed by atoms with van der Waals surface area (Å²) in [5, 5.41) is 7.40. The molecule has 1 heterocycles. The van der Waals surface area contributed by atoms with Gasteiger partial charge < -0.3 is 10.6 Å². The molecule has 1 fully saturated rings. The van der Waals surface area contributed by atoms with Gasteiger partial charge in [0.25, 0.3) is 5.91 Å². The van der Waals surface area contributed by atoms with Crippen LogP contribution in [0.2, 0.25) is 5.02 Å². The molecule has 0 saturated carbocycles. The molecule has 1 aliphatic heterocycles. The summed E-state index contributed by atoms with van der Waals surface area (Å²) in [6.45, 7) is 1.59. The standard InChI is InChI=1S/C19H15ClFN3O3/c1-19(17(26)23-18(27)24-19)12-4-6-13(7-5-12)22-16(25)9-3-11-2-8-15(21)14(20)10-11/h2-10H,1H3,(H,22,25)(H2,23,24,26,27)/b9-3+. The first-order chi connectivity index (χ1) is 12.8. The number of carbonyl (C=O) groups excluding carboxylic acids is 3. The lowest BCUT2D eigenvalue weighted by Gasteiger charge is -2.21. The Hall–Kier alpha value is -3.19. The SMILES string of the molecule is CC1(c2ccc(NC(=O)/C=C/c3ccc(F)c(Cl)c3)cc2)NC(=O)NC1=O. The Bertz CT molecular complexity index is 959. The van der Waals surface area contributed by atoms with E-state index in [0.29, 0.717) is 16.8 Å². The zero-order valence-electron chi connectivity index (χ0n) is 14.2. The van der Waals surface area contributed by atoms with Gasteiger partial charge in [-0.05, 0) is 48.4 Å². The molecule has 1 saturated heterocycles. The minimum absolute atomic E-state index is 0.0234. The largest absolute Gasteiger partial charge is 0.323 e. The van der Waals surface area contributed by atoms with E-state index in [1.54, 1.807) is 31.2 Å². The van der Waals surface area contributed by atoms with E-state index < -0.39 is 23.3 Å². The second kappa shape index (κ2) is 7.20. The number of hydrogen-bond acceptors (Lipinski definition) is 3. The third kappa shape index (κ3) is 3.98. The molecule has 4 amide bonds. The molecular formula is C19H15ClFN3O3. The highest BCUT2D eigenvalue weighted by Crippen LogP contribution is 2.25. The molecule has 1 atom stereocenters. The predicted molar refractivity (Wildman–Crippen MR) is 99.5 cm³/mol. The van der Waals surface area contributed by atoms with Crippen LogP contribution < -0.4 is 16.0 Å². The zero-order chi connectivity index (χ0) is 19.6. The number of urea groups is 1. The predicted octanol–water partition coefficient (Wildman–Crippen LogP) is 3.19. The fourth-order valence-corrected chi connectivity index (χ4v) is 2.79. The monoisotopic (exact) mass is 387 g/mol. The smallest absolute Gasteiger partial charge is 0.322 e. The van der Waals surface area contributed by atoms with Gasteiger partial charge >= 0.3 is 6.03 Å². The quantitative estimate of drug-likeness (QED) is 0.556. The molecule has 0 aliphatic carbocycles. The van der Waals surface area contributed by atoms with Gasteiger partial charge in [-0.15, -0.1) is 0 Å². The van der Waals surface area contributed by atoms with Crippen molar-refractivity contribution in [3.8, 4) is 0 Å². The first-order valence-electron chi connectivity index (χ1n) is 7.96. The number of amides is 4. The van der Waals surface area contributed by atoms with Crippen LogP contribution in [0.4, 0.5) is 14.9 Å². The maximum absolute atomic E-state index is 13.1. The van der Waals surface area contributed by atoms with Crippen molar-refractivity contribution >= 4 is 41.2 Å². The van der Waals surface area contributed by atoms with E-state index in [0.717, 1.165) is 0 Å². The topological polar surface area (TPSA) is 87.3 Å². The first kappa shape index (κ1) is 18.6. The summed E-state index contributed by atoms with van der Waals surface area (Å²) >= 11 is 5.69. The van der Waals surface area contributed by atoms with Crippen LogP contribution >= 0.6 is 11.6 Å². The molecule has 1 aliphatic rings. The highest BCUT2D eigenvalue weighted by molar-refractivity contribution is 6.30. The molecule has 3 N–H and O–H groups in total. The lowest BCUT2D eigenvalue weighted by molar-refractivity contribution is -0.123. The van der Waals surface area contributed by atoms with Gasteiger partial charge in [-0.25, -0.2) is 9.18 Å². The Kier molecular flexibility index (Phi) is 4.96. The van der Waals surface area contributed by atoms with E-state index in [-0.39, 0.29) is 10.9 Å². The number of nitrogens with one attached hydrogen (secondary N) is 3. The highest BCUT2D eigenvalue weighted by Gasteiger charge is 2.43. The number of carbonyl (C=O) groups is 3. The summed E-state index contributed by atoms with van der Waals surface area (Å²) in [6.07, 6.45) is 2.80. The summed E-state index contributed by atoms with van der Waals surface area (Å²) in [6, 6.07) is 10.1. The van der Waals surface area contributed by atoms with Crippen molar-refractivity contribution < 1.29 is 18.8 Å². The van der Waals surface area contributed by atoms with Crippen LogP contribution in [0.15, 0.2) is 48.5 Å². The van der Waals surface area contributed by atoms with Crippen molar-refractivity contribution in [1.29, 1.82) is 0 Å². The number of benzene rings is 2. The number of halogens is 2. The highest BCUT2D eigenvalue weighted by atomic mass is 35.5. The zero-order valence-corrected chi connectivity index (χ0v) is 14.9. The minimum atomic E-state index is -1.15. The van der Waals surface area contributed by atoms with E-state index in [2.05, 4.69) is 16.0 Å². The Balaban J connectivity index is 1.66. The Labute approximate surface area is 159 Å². The molecule has 0 radical (unpaired) electrons. The fourth-order valence-electron chi connectivity index (χ4n) is 2.61. The first-order valence-corrected chi connectivity index (χ1v) is 8.34. The maximum Gasteiger partial charge on any atom is 0.322 e. The summed E-state index contributed by atoms with van der Waals surface area (Å²) < 4.78 is 13.1. The van der Waals surface area contributed by atoms with Crippen molar-refractivity contribution in [3.05, 3.63) is 70.5 Å². The molecule has 0 aromatic heterocycles. The minimum Gasteiger partial charge on any atom is -0.323 e. The molecule has 0 spiro atoms. The molecule has 138 valence electrons. The lowest BCUT2D eigenvalue weighted by Crippen LogP contribution is -2.40. The molecule has 3 rings (SSSR count). The van der Waals surface area contributed by atoms with E-state index in [1.807, 2.05) is 0 Å². The maximum atomic E-state index is 13.1. The van der Waals surface area contributed by atoms with Crippen LogP contribution in [-0.4, -0.2) is 17.8 Å². The molecule has 2 aromatic carbocycles. The number of rotatable bonds is 4. The third-order valence-electron chi connectivity index (χ3n) is 4.15. The summed E-state index contributed by atoms with van der Waals surface area (Å²) in [5.41, 5.74) is 0.531. The summed E-state index contributed by atoms with van der Waals surface area (Å²) in [5.74, 6) is -1.36. The van der Waals surface area contributed by atoms with Crippen LogP contribution in [0.25, 0.3) is 6.08 Å². The van der Waals surface area contributed by atoms with Crippen LogP contribution in [0.1, 0.15) is 18.1 Å². The lowest BCUT2D eigenvalue weighted by atomic mass is 9.92. The van der Waals surface area contributed by atoms with Crippen LogP contribution in [-0.2, 0) is 15.1 Å². The summed E-state index contributed by atoms with van der Waals surface area (Å²) in [4.78, 5) is 35.3. The number of anilines is 1. The van der Waals surface area contributed by atoms with Crippen LogP contribution in [0.5, 0.6) is 0 Å². The van der Waals surface area contributed by atoms with E-state index in [4.69, 9.17) is 11.6 Å².